The van der Waals surface area contributed by atoms with Crippen LogP contribution in [0, 0.1) is 0 Å². The van der Waals surface area contributed by atoms with Gasteiger partial charge in [-0.05, 0) is 18.2 Å². The van der Waals surface area contributed by atoms with Crippen molar-refractivity contribution in [2.24, 2.45) is 5.14 Å². The molecule has 0 aromatic heterocycles. The summed E-state index contributed by atoms with van der Waals surface area (Å²) in [7, 11) is -1.60. The number of hydrogen-bond donors (Lipinski definition) is 2. The van der Waals surface area contributed by atoms with Gasteiger partial charge < -0.3 is 14.8 Å². The third-order valence-electron chi connectivity index (χ3n) is 2.31. The first-order valence-corrected chi connectivity index (χ1v) is 7.10. The lowest BCUT2D eigenvalue weighted by Gasteiger charge is -2.09. The molecular formula is C12H14N2O6S. The van der Waals surface area contributed by atoms with Gasteiger partial charge in [-0.15, -0.1) is 0 Å². The van der Waals surface area contributed by atoms with E-state index in [4.69, 9.17) is 5.14 Å². The first-order chi connectivity index (χ1) is 9.77. The lowest BCUT2D eigenvalue weighted by Crippen LogP contribution is -2.16. The Hall–Kier alpha value is -2.39. The summed E-state index contributed by atoms with van der Waals surface area (Å²) >= 11 is 0. The number of esters is 2. The lowest BCUT2D eigenvalue weighted by atomic mass is 10.3. The molecule has 1 aromatic carbocycles. The van der Waals surface area contributed by atoms with Gasteiger partial charge in [0.15, 0.2) is 0 Å². The van der Waals surface area contributed by atoms with Crippen molar-refractivity contribution in [3.05, 3.63) is 36.0 Å². The van der Waals surface area contributed by atoms with Gasteiger partial charge in [0.1, 0.15) is 5.70 Å². The van der Waals surface area contributed by atoms with Crippen molar-refractivity contribution in [1.82, 2.24) is 0 Å². The standard InChI is InChI=1S/C12H14N2O6S/c1-19-11(15)7-10(12(16)20-2)14-8-4-3-5-9(6-8)21(13,17)18/h3-7,14H,1-2H3,(H2,13,17,18)/b10-7+. The third-order valence-corrected chi connectivity index (χ3v) is 3.22. The molecule has 0 aliphatic rings. The Morgan fingerprint density at radius 2 is 1.90 bits per heavy atom. The number of primary sulfonamides is 1. The maximum Gasteiger partial charge on any atom is 0.354 e. The summed E-state index contributed by atoms with van der Waals surface area (Å²) in [5.74, 6) is -1.59. The number of methoxy groups -OCH3 is 2. The maximum absolute atomic E-state index is 11.5. The summed E-state index contributed by atoms with van der Waals surface area (Å²) in [6, 6.07) is 5.42. The fourth-order valence-electron chi connectivity index (χ4n) is 1.34. The maximum atomic E-state index is 11.5. The van der Waals surface area contributed by atoms with E-state index in [0.717, 1.165) is 20.3 Å². The highest BCUT2D eigenvalue weighted by atomic mass is 32.2. The lowest BCUT2D eigenvalue weighted by molar-refractivity contribution is -0.138. The summed E-state index contributed by atoms with van der Waals surface area (Å²) in [5, 5.41) is 7.58. The Bertz CT molecular complexity index is 681. The highest BCUT2D eigenvalue weighted by molar-refractivity contribution is 7.89. The zero-order chi connectivity index (χ0) is 16.0. The molecule has 0 bridgehead atoms. The Kier molecular flexibility index (Phi) is 5.44. The van der Waals surface area contributed by atoms with Gasteiger partial charge >= 0.3 is 11.9 Å². The van der Waals surface area contributed by atoms with Crippen LogP contribution >= 0.6 is 0 Å². The minimum atomic E-state index is -3.88. The summed E-state index contributed by atoms with van der Waals surface area (Å²) in [5.41, 5.74) is 0.0259. The van der Waals surface area contributed by atoms with Gasteiger partial charge in [-0.3, -0.25) is 0 Å². The fraction of sp³-hybridized carbons (Fsp3) is 0.167. The molecule has 0 aliphatic heterocycles. The minimum Gasteiger partial charge on any atom is -0.466 e. The Morgan fingerprint density at radius 1 is 1.24 bits per heavy atom. The topological polar surface area (TPSA) is 125 Å². The Balaban J connectivity index is 3.13. The first-order valence-electron chi connectivity index (χ1n) is 5.55. The zero-order valence-corrected chi connectivity index (χ0v) is 12.1. The monoisotopic (exact) mass is 314 g/mol. The SMILES string of the molecule is COC(=O)/C=C(/Nc1cccc(S(N)(=O)=O)c1)C(=O)OC. The number of rotatable bonds is 5. The van der Waals surface area contributed by atoms with E-state index in [2.05, 4.69) is 14.8 Å². The van der Waals surface area contributed by atoms with Crippen LogP contribution in [-0.4, -0.2) is 34.6 Å². The molecular weight excluding hydrogens is 300 g/mol. The third kappa shape index (κ3) is 4.89. The van der Waals surface area contributed by atoms with Gasteiger partial charge in [-0.25, -0.2) is 23.1 Å². The summed E-state index contributed by atoms with van der Waals surface area (Å²) in [6.45, 7) is 0. The second-order valence-corrected chi connectivity index (χ2v) is 5.33. The first kappa shape index (κ1) is 16.7. The van der Waals surface area contributed by atoms with Crippen molar-refractivity contribution in [1.29, 1.82) is 0 Å². The predicted molar refractivity (Wildman–Crippen MR) is 73.6 cm³/mol. The van der Waals surface area contributed by atoms with Gasteiger partial charge in [-0.1, -0.05) is 6.07 Å². The van der Waals surface area contributed by atoms with Crippen LogP contribution < -0.4 is 10.5 Å². The highest BCUT2D eigenvalue weighted by Crippen LogP contribution is 2.16. The van der Waals surface area contributed by atoms with E-state index in [1.54, 1.807) is 0 Å². The van der Waals surface area contributed by atoms with Gasteiger partial charge in [0.05, 0.1) is 25.2 Å². The number of anilines is 1. The molecule has 0 spiro atoms. The number of nitrogens with one attached hydrogen (secondary N) is 1. The van der Waals surface area contributed by atoms with Crippen molar-refractivity contribution in [2.45, 2.75) is 4.90 Å². The number of nitrogens with two attached hydrogens (primary N) is 1. The summed E-state index contributed by atoms with van der Waals surface area (Å²) in [6.07, 6.45) is 0.884. The van der Waals surface area contributed by atoms with Crippen molar-refractivity contribution in [2.75, 3.05) is 19.5 Å². The van der Waals surface area contributed by atoms with Gasteiger partial charge in [-0.2, -0.15) is 0 Å². The Labute approximate surface area is 121 Å². The van der Waals surface area contributed by atoms with Gasteiger partial charge in [0.25, 0.3) is 0 Å². The van der Waals surface area contributed by atoms with E-state index in [-0.39, 0.29) is 16.3 Å². The molecule has 0 amide bonds. The largest absolute Gasteiger partial charge is 0.466 e. The van der Waals surface area contributed by atoms with E-state index >= 15 is 0 Å². The predicted octanol–water partition coefficient (Wildman–Crippen LogP) is -0.0242. The number of hydrogen-bond acceptors (Lipinski definition) is 7. The second-order valence-electron chi connectivity index (χ2n) is 3.77. The van der Waals surface area contributed by atoms with Crippen molar-refractivity contribution < 1.29 is 27.5 Å². The van der Waals surface area contributed by atoms with Crippen LogP contribution in [0.3, 0.4) is 0 Å². The van der Waals surface area contributed by atoms with E-state index < -0.39 is 22.0 Å². The molecule has 0 saturated heterocycles. The molecule has 8 nitrogen and oxygen atoms in total. The van der Waals surface area contributed by atoms with Crippen LogP contribution in [0.15, 0.2) is 40.9 Å². The van der Waals surface area contributed by atoms with Crippen LogP contribution in [0.4, 0.5) is 5.69 Å². The van der Waals surface area contributed by atoms with Crippen molar-refractivity contribution in [3.8, 4) is 0 Å². The number of carbonyl (C=O) groups is 2. The molecule has 0 fully saturated rings. The number of ether oxygens (including phenoxy) is 2. The Morgan fingerprint density at radius 3 is 2.43 bits per heavy atom. The molecule has 0 heterocycles. The van der Waals surface area contributed by atoms with E-state index in [1.807, 2.05) is 0 Å². The molecule has 0 saturated carbocycles. The number of sulfonamides is 1. The van der Waals surface area contributed by atoms with Crippen molar-refractivity contribution in [3.63, 3.8) is 0 Å². The summed E-state index contributed by atoms with van der Waals surface area (Å²) in [4.78, 5) is 22.6. The fourth-order valence-corrected chi connectivity index (χ4v) is 1.90. The normalized spacial score (nSPS) is 11.7. The van der Waals surface area contributed by atoms with Crippen molar-refractivity contribution >= 4 is 27.6 Å². The van der Waals surface area contributed by atoms with E-state index in [1.165, 1.54) is 24.3 Å². The zero-order valence-electron chi connectivity index (χ0n) is 11.3. The molecule has 114 valence electrons. The molecule has 1 rings (SSSR count). The minimum absolute atomic E-state index is 0.144. The molecule has 0 atom stereocenters. The average Bonchev–Trinajstić information content (AvgIpc) is 2.45. The average molecular weight is 314 g/mol. The highest BCUT2D eigenvalue weighted by Gasteiger charge is 2.14. The van der Waals surface area contributed by atoms with Gasteiger partial charge in [0.2, 0.25) is 10.0 Å². The van der Waals surface area contributed by atoms with Crippen LogP contribution in [0.2, 0.25) is 0 Å². The van der Waals surface area contributed by atoms with Crippen LogP contribution in [0.25, 0.3) is 0 Å². The molecule has 3 N–H and O–H groups in total. The van der Waals surface area contributed by atoms with E-state index in [0.29, 0.717) is 0 Å². The molecule has 9 heteroatoms. The van der Waals surface area contributed by atoms with Crippen LogP contribution in [-0.2, 0) is 29.1 Å². The number of benzene rings is 1. The second kappa shape index (κ2) is 6.86. The molecule has 0 aliphatic carbocycles. The molecule has 1 aromatic rings. The molecule has 21 heavy (non-hydrogen) atoms. The molecule has 0 unspecified atom stereocenters. The van der Waals surface area contributed by atoms with Crippen LogP contribution in [0.5, 0.6) is 0 Å². The number of carbonyl (C=O) groups excluding carboxylic acids is 2. The quantitative estimate of drug-likeness (QED) is 0.577. The van der Waals surface area contributed by atoms with E-state index in [9.17, 15) is 18.0 Å². The summed E-state index contributed by atoms with van der Waals surface area (Å²) < 4.78 is 31.4. The molecule has 0 radical (unpaired) electrons. The smallest absolute Gasteiger partial charge is 0.354 e. The van der Waals surface area contributed by atoms with Crippen LogP contribution in [0.1, 0.15) is 0 Å². The van der Waals surface area contributed by atoms with Gasteiger partial charge in [0, 0.05) is 5.69 Å².